The summed E-state index contributed by atoms with van der Waals surface area (Å²) in [7, 11) is 0. The zero-order valence-electron chi connectivity index (χ0n) is 23.3. The molecule has 0 saturated carbocycles. The van der Waals surface area contributed by atoms with Crippen molar-refractivity contribution >= 4 is 22.5 Å². The second-order valence-corrected chi connectivity index (χ2v) is 10.9. The lowest BCUT2D eigenvalue weighted by Crippen LogP contribution is -2.40. The van der Waals surface area contributed by atoms with Gasteiger partial charge in [0.25, 0.3) is 0 Å². The van der Waals surface area contributed by atoms with Crippen LogP contribution in [0.25, 0.3) is 22.5 Å². The molecular weight excluding hydrogens is 488 g/mol. The first-order chi connectivity index (χ1) is 19.5. The smallest absolute Gasteiger partial charge is 0.0987 e. The normalized spacial score (nSPS) is 15.9. The van der Waals surface area contributed by atoms with E-state index in [1.165, 1.54) is 33.4 Å². The van der Waals surface area contributed by atoms with Crippen LogP contribution >= 0.6 is 0 Å². The maximum atomic E-state index is 3.66. The van der Waals surface area contributed by atoms with E-state index in [-0.39, 0.29) is 0 Å². The van der Waals surface area contributed by atoms with Gasteiger partial charge in [-0.3, -0.25) is 10.0 Å². The Hall–Kier alpha value is -4.96. The molecule has 0 spiro atoms. The van der Waals surface area contributed by atoms with Gasteiger partial charge in [0, 0.05) is 34.7 Å². The number of nitrogens with one attached hydrogen (secondary N) is 2. The molecule has 7 rings (SSSR count). The minimum absolute atomic E-state index is 1.11. The summed E-state index contributed by atoms with van der Waals surface area (Å²) < 4.78 is 0. The van der Waals surface area contributed by atoms with E-state index in [1.54, 1.807) is 0 Å². The molecule has 2 N–H and O–H groups in total. The van der Waals surface area contributed by atoms with E-state index in [1.807, 2.05) is 0 Å². The van der Waals surface area contributed by atoms with Crippen LogP contribution in [-0.4, -0.2) is 10.0 Å². The quantitative estimate of drug-likeness (QED) is 0.289. The van der Waals surface area contributed by atoms with Gasteiger partial charge in [-0.25, -0.2) is 0 Å². The molecule has 3 aliphatic heterocycles. The van der Waals surface area contributed by atoms with Gasteiger partial charge < -0.3 is 10.9 Å². The fraction of sp³-hybridized carbons (Fsp3) is 0.111. The molecule has 0 amide bonds. The van der Waals surface area contributed by atoms with Crippen LogP contribution in [0.5, 0.6) is 0 Å². The zero-order chi connectivity index (χ0) is 27.4. The predicted octanol–water partition coefficient (Wildman–Crippen LogP) is 7.69. The topological polar surface area (TPSA) is 30.5 Å². The van der Waals surface area contributed by atoms with Crippen LogP contribution < -0.4 is 10.9 Å². The van der Waals surface area contributed by atoms with Crippen molar-refractivity contribution < 1.29 is 0 Å². The van der Waals surface area contributed by atoms with Crippen LogP contribution in [0, 0.1) is 27.7 Å². The van der Waals surface area contributed by atoms with Gasteiger partial charge in [0.15, 0.2) is 0 Å². The molecular formula is C36H32N4. The predicted molar refractivity (Wildman–Crippen MR) is 164 cm³/mol. The SMILES string of the molecule is Cc1ccc(C2=CNN3C2=C(c2ccc(C)cc2)N2NC=C(c4ccc(C)cc4)C2=C3c2ccc(C)cc2)cc1. The molecule has 3 heterocycles. The van der Waals surface area contributed by atoms with Crippen molar-refractivity contribution in [2.24, 2.45) is 0 Å². The molecule has 4 aromatic rings. The Balaban J connectivity index is 1.48. The van der Waals surface area contributed by atoms with Crippen LogP contribution in [-0.2, 0) is 0 Å². The second kappa shape index (κ2) is 9.35. The Bertz CT molecular complexity index is 1600. The average molecular weight is 521 g/mol. The fourth-order valence-electron chi connectivity index (χ4n) is 5.66. The maximum absolute atomic E-state index is 3.66. The van der Waals surface area contributed by atoms with Crippen molar-refractivity contribution in [2.75, 3.05) is 0 Å². The highest BCUT2D eigenvalue weighted by atomic mass is 15.6. The molecule has 196 valence electrons. The van der Waals surface area contributed by atoms with Crippen LogP contribution in [0.3, 0.4) is 0 Å². The third-order valence-electron chi connectivity index (χ3n) is 7.90. The molecule has 0 aromatic heterocycles. The molecule has 4 aromatic carbocycles. The van der Waals surface area contributed by atoms with Gasteiger partial charge in [0.05, 0.1) is 22.8 Å². The molecule has 0 radical (unpaired) electrons. The molecule has 0 bridgehead atoms. The number of hydrogen-bond acceptors (Lipinski definition) is 4. The molecule has 40 heavy (non-hydrogen) atoms. The minimum atomic E-state index is 1.11. The summed E-state index contributed by atoms with van der Waals surface area (Å²) in [6.07, 6.45) is 4.28. The van der Waals surface area contributed by atoms with Gasteiger partial charge in [-0.1, -0.05) is 119 Å². The lowest BCUT2D eigenvalue weighted by molar-refractivity contribution is 0.380. The first-order valence-electron chi connectivity index (χ1n) is 13.8. The molecule has 0 saturated heterocycles. The lowest BCUT2D eigenvalue weighted by Gasteiger charge is -2.39. The second-order valence-electron chi connectivity index (χ2n) is 10.9. The van der Waals surface area contributed by atoms with E-state index in [4.69, 9.17) is 0 Å². The third-order valence-corrected chi connectivity index (χ3v) is 7.90. The van der Waals surface area contributed by atoms with Gasteiger partial charge >= 0.3 is 0 Å². The molecule has 0 fully saturated rings. The van der Waals surface area contributed by atoms with Gasteiger partial charge in [-0.15, -0.1) is 0 Å². The maximum Gasteiger partial charge on any atom is 0.0987 e. The minimum Gasteiger partial charge on any atom is -0.300 e. The number of hydrazine groups is 2. The number of nitrogens with zero attached hydrogens (tertiary/aromatic N) is 2. The number of allylic oxidation sites excluding steroid dienone is 2. The summed E-state index contributed by atoms with van der Waals surface area (Å²) in [6, 6.07) is 35.2. The highest BCUT2D eigenvalue weighted by Crippen LogP contribution is 2.50. The monoisotopic (exact) mass is 520 g/mol. The van der Waals surface area contributed by atoms with Crippen LogP contribution in [0.1, 0.15) is 44.5 Å². The Morgan fingerprint density at radius 3 is 0.925 bits per heavy atom. The van der Waals surface area contributed by atoms with E-state index in [9.17, 15) is 0 Å². The van der Waals surface area contributed by atoms with E-state index in [2.05, 4.69) is 158 Å². The summed E-state index contributed by atoms with van der Waals surface area (Å²) in [5.74, 6) is 0. The van der Waals surface area contributed by atoms with Crippen LogP contribution in [0.2, 0.25) is 0 Å². The molecule has 4 heteroatoms. The summed E-state index contributed by atoms with van der Waals surface area (Å²) in [4.78, 5) is 0. The van der Waals surface area contributed by atoms with E-state index in [0.29, 0.717) is 0 Å². The third kappa shape index (κ3) is 3.92. The Labute approximate surface area is 236 Å². The number of rotatable bonds is 4. The zero-order valence-corrected chi connectivity index (χ0v) is 23.3. The number of benzene rings is 4. The molecule has 0 unspecified atom stereocenters. The molecule has 0 atom stereocenters. The van der Waals surface area contributed by atoms with Crippen molar-refractivity contribution in [2.45, 2.75) is 27.7 Å². The number of aryl methyl sites for hydroxylation is 4. The van der Waals surface area contributed by atoms with Crippen molar-refractivity contribution in [3.8, 4) is 0 Å². The Kier molecular flexibility index (Phi) is 5.64. The summed E-state index contributed by atoms with van der Waals surface area (Å²) in [5.41, 5.74) is 23.8. The largest absolute Gasteiger partial charge is 0.300 e. The van der Waals surface area contributed by atoms with Gasteiger partial charge in [-0.05, 0) is 38.8 Å². The fourth-order valence-corrected chi connectivity index (χ4v) is 5.66. The van der Waals surface area contributed by atoms with E-state index < -0.39 is 0 Å². The van der Waals surface area contributed by atoms with Crippen LogP contribution in [0.4, 0.5) is 0 Å². The lowest BCUT2D eigenvalue weighted by atomic mass is 9.92. The van der Waals surface area contributed by atoms with Crippen molar-refractivity contribution in [3.63, 3.8) is 0 Å². The van der Waals surface area contributed by atoms with Gasteiger partial charge in [0.2, 0.25) is 0 Å². The van der Waals surface area contributed by atoms with Gasteiger partial charge in [-0.2, -0.15) is 0 Å². The van der Waals surface area contributed by atoms with E-state index >= 15 is 0 Å². The average Bonchev–Trinajstić information content (AvgIpc) is 3.59. The molecule has 0 aliphatic carbocycles. The number of fused-ring (bicyclic) bond motifs is 2. The first-order valence-corrected chi connectivity index (χ1v) is 13.8. The van der Waals surface area contributed by atoms with Crippen LogP contribution in [0.15, 0.2) is 121 Å². The van der Waals surface area contributed by atoms with Crippen molar-refractivity contribution in [3.05, 3.63) is 165 Å². The van der Waals surface area contributed by atoms with Gasteiger partial charge in [0.1, 0.15) is 0 Å². The Morgan fingerprint density at radius 2 is 0.625 bits per heavy atom. The number of hydrogen-bond donors (Lipinski definition) is 2. The summed E-state index contributed by atoms with van der Waals surface area (Å²) in [5, 5.41) is 4.55. The standard InChI is InChI=1S/C36H32N4/c1-23-5-13-27(14-6-23)31-21-37-39-34(30-19-11-26(4)12-20-30)36-32(28-15-7-24(2)8-16-28)22-38-40(36)33(35(31)39)29-17-9-25(3)10-18-29/h5-22,37-38H,1-4H3. The summed E-state index contributed by atoms with van der Waals surface area (Å²) >= 11 is 0. The Morgan fingerprint density at radius 1 is 0.350 bits per heavy atom. The van der Waals surface area contributed by atoms with Crippen molar-refractivity contribution in [1.82, 2.24) is 20.9 Å². The highest BCUT2D eigenvalue weighted by molar-refractivity contribution is 6.00. The van der Waals surface area contributed by atoms with E-state index in [0.717, 1.165) is 45.1 Å². The summed E-state index contributed by atoms with van der Waals surface area (Å²) in [6.45, 7) is 8.53. The molecule has 4 nitrogen and oxygen atoms in total. The highest BCUT2D eigenvalue weighted by Gasteiger charge is 2.42. The first kappa shape index (κ1) is 24.1. The molecule has 3 aliphatic rings. The van der Waals surface area contributed by atoms with Crippen molar-refractivity contribution in [1.29, 1.82) is 0 Å².